The Labute approximate surface area is 167 Å². The van der Waals surface area contributed by atoms with E-state index in [0.717, 1.165) is 25.1 Å². The lowest BCUT2D eigenvalue weighted by atomic mass is 10.1. The summed E-state index contributed by atoms with van der Waals surface area (Å²) in [6.45, 7) is 1.94. The number of carbonyl (C=O) groups excluding carboxylic acids is 2. The first-order valence-corrected chi connectivity index (χ1v) is 9.42. The van der Waals surface area contributed by atoms with Crippen LogP contribution in [0.2, 0.25) is 0 Å². The third-order valence-electron chi connectivity index (χ3n) is 4.71. The molecule has 0 bridgehead atoms. The molecule has 3 heterocycles. The summed E-state index contributed by atoms with van der Waals surface area (Å²) >= 11 is 0. The van der Waals surface area contributed by atoms with Crippen LogP contribution in [0.3, 0.4) is 0 Å². The summed E-state index contributed by atoms with van der Waals surface area (Å²) in [5.74, 6) is -1.51. The van der Waals surface area contributed by atoms with E-state index < -0.39 is 11.8 Å². The van der Waals surface area contributed by atoms with Crippen molar-refractivity contribution in [2.24, 2.45) is 0 Å². The third kappa shape index (κ3) is 4.46. The molecule has 0 saturated carbocycles. The quantitative estimate of drug-likeness (QED) is 0.562. The second-order valence-corrected chi connectivity index (χ2v) is 6.74. The topological polar surface area (TPSA) is 114 Å². The van der Waals surface area contributed by atoms with Gasteiger partial charge in [0.05, 0.1) is 30.2 Å². The minimum atomic E-state index is -0.762. The molecule has 9 nitrogen and oxygen atoms in total. The van der Waals surface area contributed by atoms with Gasteiger partial charge in [-0.2, -0.15) is 0 Å². The van der Waals surface area contributed by atoms with Gasteiger partial charge in [-0.1, -0.05) is 35.5 Å². The molecule has 0 aliphatic carbocycles. The van der Waals surface area contributed by atoms with Crippen molar-refractivity contribution in [1.29, 1.82) is 0 Å². The van der Waals surface area contributed by atoms with Crippen molar-refractivity contribution in [3.63, 3.8) is 0 Å². The number of amides is 2. The number of anilines is 1. The van der Waals surface area contributed by atoms with Crippen LogP contribution in [0, 0.1) is 0 Å². The average Bonchev–Trinajstić information content (AvgIpc) is 3.45. The molecule has 2 amide bonds. The summed E-state index contributed by atoms with van der Waals surface area (Å²) < 4.78 is 1.79. The van der Waals surface area contributed by atoms with Gasteiger partial charge in [0.2, 0.25) is 0 Å². The minimum Gasteiger partial charge on any atom is -0.342 e. The molecule has 4 rings (SSSR count). The van der Waals surface area contributed by atoms with Crippen LogP contribution in [0.25, 0.3) is 11.3 Å². The molecule has 1 unspecified atom stereocenters. The number of nitrogens with zero attached hydrogens (tertiary/aromatic N) is 4. The fourth-order valence-electron chi connectivity index (χ4n) is 3.20. The molecule has 29 heavy (non-hydrogen) atoms. The number of rotatable bonds is 5. The molecular weight excluding hydrogens is 370 g/mol. The van der Waals surface area contributed by atoms with Crippen LogP contribution in [0.5, 0.6) is 0 Å². The molecule has 3 aromatic rings. The predicted octanol–water partition coefficient (Wildman–Crippen LogP) is 1.13. The highest BCUT2D eigenvalue weighted by Gasteiger charge is 2.19. The highest BCUT2D eigenvalue weighted by atomic mass is 16.2. The van der Waals surface area contributed by atoms with Gasteiger partial charge in [0.25, 0.3) is 0 Å². The number of pyridine rings is 1. The molecule has 148 valence electrons. The molecule has 0 radical (unpaired) electrons. The Morgan fingerprint density at radius 1 is 1.14 bits per heavy atom. The monoisotopic (exact) mass is 391 g/mol. The van der Waals surface area contributed by atoms with E-state index in [1.807, 2.05) is 30.3 Å². The summed E-state index contributed by atoms with van der Waals surface area (Å²) in [5.41, 5.74) is 2.52. The molecule has 1 saturated heterocycles. The number of nitrogens with one attached hydrogen (secondary N) is 3. The van der Waals surface area contributed by atoms with Crippen LogP contribution < -0.4 is 16.0 Å². The van der Waals surface area contributed by atoms with Gasteiger partial charge >= 0.3 is 11.8 Å². The van der Waals surface area contributed by atoms with Crippen LogP contribution >= 0.6 is 0 Å². The van der Waals surface area contributed by atoms with E-state index in [0.29, 0.717) is 17.1 Å². The number of carbonyl (C=O) groups is 2. The molecular formula is C20H21N7O2. The Bertz CT molecular complexity index is 997. The summed E-state index contributed by atoms with van der Waals surface area (Å²) in [6.07, 6.45) is 4.43. The van der Waals surface area contributed by atoms with Gasteiger partial charge in [-0.05, 0) is 25.1 Å². The second kappa shape index (κ2) is 8.61. The van der Waals surface area contributed by atoms with Crippen LogP contribution in [0.1, 0.15) is 18.2 Å². The number of hydrogen-bond donors (Lipinski definition) is 3. The number of benzene rings is 1. The van der Waals surface area contributed by atoms with E-state index in [9.17, 15) is 9.59 Å². The summed E-state index contributed by atoms with van der Waals surface area (Å²) in [5, 5.41) is 16.6. The molecule has 2 aromatic heterocycles. The van der Waals surface area contributed by atoms with Gasteiger partial charge in [0.1, 0.15) is 5.69 Å². The first kappa shape index (κ1) is 18.8. The van der Waals surface area contributed by atoms with E-state index in [1.165, 1.54) is 0 Å². The Balaban J connectivity index is 1.36. The minimum absolute atomic E-state index is 0.130. The Morgan fingerprint density at radius 2 is 2.00 bits per heavy atom. The van der Waals surface area contributed by atoms with Gasteiger partial charge in [-0.3, -0.25) is 14.6 Å². The number of hydrogen-bond acceptors (Lipinski definition) is 6. The van der Waals surface area contributed by atoms with Gasteiger partial charge in [0.15, 0.2) is 0 Å². The Hall–Kier alpha value is -3.59. The zero-order valence-electron chi connectivity index (χ0n) is 15.7. The lowest BCUT2D eigenvalue weighted by Gasteiger charge is -2.10. The van der Waals surface area contributed by atoms with Crippen molar-refractivity contribution in [1.82, 2.24) is 30.6 Å². The van der Waals surface area contributed by atoms with Crippen molar-refractivity contribution < 1.29 is 9.59 Å². The molecule has 1 aliphatic heterocycles. The van der Waals surface area contributed by atoms with Gasteiger partial charge in [-0.25, -0.2) is 4.68 Å². The molecule has 1 atom stereocenters. The fraction of sp³-hybridized carbons (Fsp3) is 0.250. The Morgan fingerprint density at radius 3 is 2.79 bits per heavy atom. The first-order valence-electron chi connectivity index (χ1n) is 9.42. The maximum absolute atomic E-state index is 12.3. The maximum Gasteiger partial charge on any atom is 0.313 e. The van der Waals surface area contributed by atoms with Crippen LogP contribution in [0.15, 0.2) is 54.9 Å². The SMILES string of the molecule is O=C(NCc1cn(C2CCNC2)nn1)C(=O)Nc1cccnc1-c1ccccc1. The first-order chi connectivity index (χ1) is 14.2. The molecule has 1 aromatic carbocycles. The summed E-state index contributed by atoms with van der Waals surface area (Å²) in [7, 11) is 0. The molecule has 1 aliphatic rings. The molecule has 1 fully saturated rings. The largest absolute Gasteiger partial charge is 0.342 e. The van der Waals surface area contributed by atoms with Crippen LogP contribution in [0.4, 0.5) is 5.69 Å². The predicted molar refractivity (Wildman–Crippen MR) is 107 cm³/mol. The lowest BCUT2D eigenvalue weighted by Crippen LogP contribution is -2.35. The highest BCUT2D eigenvalue weighted by Crippen LogP contribution is 2.24. The van der Waals surface area contributed by atoms with Gasteiger partial charge < -0.3 is 16.0 Å². The smallest absolute Gasteiger partial charge is 0.313 e. The zero-order chi connectivity index (χ0) is 20.1. The van der Waals surface area contributed by atoms with E-state index in [1.54, 1.807) is 29.2 Å². The third-order valence-corrected chi connectivity index (χ3v) is 4.71. The average molecular weight is 391 g/mol. The van der Waals surface area contributed by atoms with Crippen molar-refractivity contribution in [2.45, 2.75) is 19.0 Å². The van der Waals surface area contributed by atoms with Crippen LogP contribution in [-0.2, 0) is 16.1 Å². The van der Waals surface area contributed by atoms with E-state index in [4.69, 9.17) is 0 Å². The van der Waals surface area contributed by atoms with Crippen LogP contribution in [-0.4, -0.2) is 44.9 Å². The van der Waals surface area contributed by atoms with Crippen molar-refractivity contribution >= 4 is 17.5 Å². The summed E-state index contributed by atoms with van der Waals surface area (Å²) in [6, 6.07) is 13.1. The molecule has 9 heteroatoms. The van der Waals surface area contributed by atoms with E-state index in [-0.39, 0.29) is 12.6 Å². The highest BCUT2D eigenvalue weighted by molar-refractivity contribution is 6.39. The normalized spacial score (nSPS) is 15.8. The standard InChI is InChI=1S/C20H21N7O2/c28-19(23-11-15-13-27(26-25-15)16-8-10-21-12-16)20(29)24-17-7-4-9-22-18(17)14-5-2-1-3-6-14/h1-7,9,13,16,21H,8,10-12H2,(H,23,28)(H,24,29). The maximum atomic E-state index is 12.3. The van der Waals surface area contributed by atoms with E-state index in [2.05, 4.69) is 31.2 Å². The van der Waals surface area contributed by atoms with Crippen molar-refractivity contribution in [2.75, 3.05) is 18.4 Å². The fourth-order valence-corrected chi connectivity index (χ4v) is 3.20. The van der Waals surface area contributed by atoms with Gasteiger partial charge in [0, 0.05) is 18.3 Å². The zero-order valence-corrected chi connectivity index (χ0v) is 15.7. The second-order valence-electron chi connectivity index (χ2n) is 6.74. The molecule has 3 N–H and O–H groups in total. The Kier molecular flexibility index (Phi) is 5.57. The van der Waals surface area contributed by atoms with Crippen molar-refractivity contribution in [3.05, 3.63) is 60.6 Å². The van der Waals surface area contributed by atoms with Gasteiger partial charge in [-0.15, -0.1) is 5.10 Å². The lowest BCUT2D eigenvalue weighted by molar-refractivity contribution is -0.136. The van der Waals surface area contributed by atoms with E-state index >= 15 is 0 Å². The summed E-state index contributed by atoms with van der Waals surface area (Å²) in [4.78, 5) is 28.9. The number of aromatic nitrogens is 4. The molecule has 0 spiro atoms. The van der Waals surface area contributed by atoms with Crippen molar-refractivity contribution in [3.8, 4) is 11.3 Å².